The number of alkyl halides is 6. The molecule has 17 heavy (non-hydrogen) atoms. The average molecular weight is 428 g/mol. The highest BCUT2D eigenvalue weighted by Gasteiger charge is 2.36. The number of nitrogens with one attached hydrogen (secondary N) is 1. The smallest absolute Gasteiger partial charge is 0.339 e. The summed E-state index contributed by atoms with van der Waals surface area (Å²) in [6, 6.07) is 0. The summed E-state index contributed by atoms with van der Waals surface area (Å²) in [5.41, 5.74) is -9.19. The molecule has 1 rings (SSSR count). The van der Waals surface area contributed by atoms with Crippen LogP contribution in [0.2, 0.25) is 5.15 Å². The third kappa shape index (κ3) is 4.99. The molecule has 0 radical (unpaired) electrons. The van der Waals surface area contributed by atoms with Crippen molar-refractivity contribution >= 4 is 57.7 Å². The number of aromatic nitrogens is 1. The van der Waals surface area contributed by atoms with Gasteiger partial charge in [0, 0.05) is 11.8 Å². The average Bonchev–Trinajstić information content (AvgIpc) is 2.27. The van der Waals surface area contributed by atoms with E-state index in [-0.39, 0.29) is 3.57 Å². The van der Waals surface area contributed by atoms with Gasteiger partial charge >= 0.3 is 11.0 Å². The summed E-state index contributed by atoms with van der Waals surface area (Å²) in [5, 5.41) is -0.904. The zero-order chi connectivity index (χ0) is 13.4. The fourth-order valence-corrected chi connectivity index (χ4v) is 3.59. The molecule has 0 saturated carbocycles. The first-order valence-electron chi connectivity index (χ1n) is 3.58. The van der Waals surface area contributed by atoms with Crippen LogP contribution in [-0.2, 0) is 0 Å². The molecule has 0 aromatic carbocycles. The lowest BCUT2D eigenvalue weighted by atomic mass is 10.7. The molecule has 0 bridgehead atoms. The van der Waals surface area contributed by atoms with Crippen LogP contribution in [-0.4, -0.2) is 16.0 Å². The summed E-state index contributed by atoms with van der Waals surface area (Å²) < 4.78 is 72.3. The van der Waals surface area contributed by atoms with E-state index >= 15 is 0 Å². The minimum absolute atomic E-state index is 0.197. The highest BCUT2D eigenvalue weighted by Crippen LogP contribution is 2.47. The standard InChI is InChI=1S/C6HClF6INS2/c7-3-2(16-5(8,9)10)1(14)4(15-3)17-6(11,12)13/h15H. The predicted octanol–water partition coefficient (Wildman–Crippen LogP) is 5.50. The Hall–Kier alpha value is 0.580. The largest absolute Gasteiger partial charge is 0.447 e. The van der Waals surface area contributed by atoms with Gasteiger partial charge in [-0.25, -0.2) is 0 Å². The number of hydrogen-bond donors (Lipinski definition) is 1. The monoisotopic (exact) mass is 427 g/mol. The van der Waals surface area contributed by atoms with Crippen LogP contribution < -0.4 is 0 Å². The molecule has 0 aliphatic rings. The van der Waals surface area contributed by atoms with Crippen LogP contribution in [0.3, 0.4) is 0 Å². The lowest BCUT2D eigenvalue weighted by Crippen LogP contribution is -2.00. The number of halogens is 8. The molecule has 0 fully saturated rings. The Bertz CT molecular complexity index is 414. The third-order valence-corrected chi connectivity index (χ3v) is 5.05. The molecule has 0 unspecified atom stereocenters. The molecule has 0 atom stereocenters. The van der Waals surface area contributed by atoms with Crippen LogP contribution in [0.4, 0.5) is 26.3 Å². The maximum Gasteiger partial charge on any atom is 0.447 e. The Kier molecular flexibility index (Phi) is 4.87. The molecule has 1 aromatic rings. The molecular formula is C6HClF6INS2. The van der Waals surface area contributed by atoms with E-state index in [0.29, 0.717) is 0 Å². The lowest BCUT2D eigenvalue weighted by molar-refractivity contribution is -0.0336. The summed E-state index contributed by atoms with van der Waals surface area (Å²) in [4.78, 5) is 1.62. The highest BCUT2D eigenvalue weighted by molar-refractivity contribution is 14.1. The number of rotatable bonds is 2. The van der Waals surface area contributed by atoms with E-state index in [1.54, 1.807) is 0 Å². The molecule has 1 N–H and O–H groups in total. The summed E-state index contributed by atoms with van der Waals surface area (Å²) in [6.45, 7) is 0. The van der Waals surface area contributed by atoms with E-state index in [0.717, 1.165) is 0 Å². The van der Waals surface area contributed by atoms with Gasteiger partial charge in [-0.3, -0.25) is 0 Å². The lowest BCUT2D eigenvalue weighted by Gasteiger charge is -2.05. The number of aromatic amines is 1. The topological polar surface area (TPSA) is 15.8 Å². The van der Waals surface area contributed by atoms with Gasteiger partial charge in [-0.1, -0.05) is 11.6 Å². The van der Waals surface area contributed by atoms with E-state index in [4.69, 9.17) is 11.6 Å². The molecule has 1 aromatic heterocycles. The second kappa shape index (κ2) is 5.29. The van der Waals surface area contributed by atoms with Crippen molar-refractivity contribution < 1.29 is 26.3 Å². The highest BCUT2D eigenvalue weighted by atomic mass is 127. The van der Waals surface area contributed by atoms with Gasteiger partial charge in [0.05, 0.1) is 13.5 Å². The van der Waals surface area contributed by atoms with Crippen molar-refractivity contribution in [3.05, 3.63) is 8.72 Å². The van der Waals surface area contributed by atoms with Crippen molar-refractivity contribution in [2.45, 2.75) is 20.9 Å². The van der Waals surface area contributed by atoms with Gasteiger partial charge in [0.15, 0.2) is 0 Å². The van der Waals surface area contributed by atoms with Crippen molar-refractivity contribution in [1.29, 1.82) is 0 Å². The quantitative estimate of drug-likeness (QED) is 0.381. The van der Waals surface area contributed by atoms with Gasteiger partial charge in [-0.05, 0) is 34.4 Å². The minimum Gasteiger partial charge on any atom is -0.339 e. The van der Waals surface area contributed by atoms with Crippen LogP contribution in [0, 0.1) is 3.57 Å². The van der Waals surface area contributed by atoms with Crippen LogP contribution >= 0.6 is 57.7 Å². The van der Waals surface area contributed by atoms with Gasteiger partial charge in [0.1, 0.15) is 5.15 Å². The SMILES string of the molecule is FC(F)(F)Sc1[nH]c(Cl)c(SC(F)(F)F)c1I. The molecule has 98 valence electrons. The van der Waals surface area contributed by atoms with E-state index < -0.39 is 49.6 Å². The number of hydrogen-bond acceptors (Lipinski definition) is 2. The molecule has 0 spiro atoms. The summed E-state index contributed by atoms with van der Waals surface area (Å²) in [7, 11) is 0. The Morgan fingerprint density at radius 1 is 1.00 bits per heavy atom. The molecule has 11 heteroatoms. The Morgan fingerprint density at radius 2 is 1.47 bits per heavy atom. The molecule has 1 nitrogen and oxygen atoms in total. The van der Waals surface area contributed by atoms with E-state index in [1.165, 1.54) is 22.6 Å². The zero-order valence-corrected chi connectivity index (χ0v) is 11.9. The first-order chi connectivity index (χ1) is 7.49. The Morgan fingerprint density at radius 3 is 1.88 bits per heavy atom. The summed E-state index contributed by atoms with van der Waals surface area (Å²) in [6.07, 6.45) is 0. The molecule has 0 saturated heterocycles. The summed E-state index contributed by atoms with van der Waals surface area (Å²) in [5.74, 6) is 0. The van der Waals surface area contributed by atoms with Gasteiger partial charge in [-0.15, -0.1) is 0 Å². The van der Waals surface area contributed by atoms with Gasteiger partial charge in [0.25, 0.3) is 0 Å². The van der Waals surface area contributed by atoms with Gasteiger partial charge in [-0.2, -0.15) is 26.3 Å². The first-order valence-corrected chi connectivity index (χ1v) is 6.67. The van der Waals surface area contributed by atoms with Crippen LogP contribution in [0.15, 0.2) is 9.92 Å². The molecular weight excluding hydrogens is 427 g/mol. The number of H-pyrrole nitrogens is 1. The fourth-order valence-electron chi connectivity index (χ4n) is 0.802. The van der Waals surface area contributed by atoms with Gasteiger partial charge in [0.2, 0.25) is 0 Å². The van der Waals surface area contributed by atoms with Crippen LogP contribution in [0.1, 0.15) is 0 Å². The Labute approximate surface area is 118 Å². The maximum absolute atomic E-state index is 12.1. The minimum atomic E-state index is -4.61. The van der Waals surface area contributed by atoms with Crippen molar-refractivity contribution in [2.75, 3.05) is 0 Å². The van der Waals surface area contributed by atoms with Crippen molar-refractivity contribution in [3.63, 3.8) is 0 Å². The normalized spacial score (nSPS) is 13.2. The van der Waals surface area contributed by atoms with E-state index in [1.807, 2.05) is 0 Å². The first kappa shape index (κ1) is 15.6. The fraction of sp³-hybridized carbons (Fsp3) is 0.333. The molecule has 0 aliphatic carbocycles. The zero-order valence-electron chi connectivity index (χ0n) is 7.34. The van der Waals surface area contributed by atoms with E-state index in [2.05, 4.69) is 4.98 Å². The van der Waals surface area contributed by atoms with Crippen LogP contribution in [0.25, 0.3) is 0 Å². The maximum atomic E-state index is 12.1. The van der Waals surface area contributed by atoms with E-state index in [9.17, 15) is 26.3 Å². The number of thioether (sulfide) groups is 2. The molecule has 0 amide bonds. The molecule has 0 aliphatic heterocycles. The van der Waals surface area contributed by atoms with Crippen molar-refractivity contribution in [2.24, 2.45) is 0 Å². The third-order valence-electron chi connectivity index (χ3n) is 1.26. The van der Waals surface area contributed by atoms with Crippen molar-refractivity contribution in [3.8, 4) is 0 Å². The second-order valence-corrected chi connectivity index (χ2v) is 6.11. The second-order valence-electron chi connectivity index (χ2n) is 2.51. The van der Waals surface area contributed by atoms with Crippen molar-refractivity contribution in [1.82, 2.24) is 4.98 Å². The van der Waals surface area contributed by atoms with Gasteiger partial charge < -0.3 is 4.98 Å². The predicted molar refractivity (Wildman–Crippen MR) is 62.3 cm³/mol. The summed E-state index contributed by atoms with van der Waals surface area (Å²) >= 11 is 5.72. The van der Waals surface area contributed by atoms with Crippen LogP contribution in [0.5, 0.6) is 0 Å². The molecule has 1 heterocycles. The Balaban J connectivity index is 3.02.